The number of aromatic amines is 1. The van der Waals surface area contributed by atoms with Gasteiger partial charge in [0.1, 0.15) is 0 Å². The average Bonchev–Trinajstić information content (AvgIpc) is 2.41. The number of hydrogen-bond acceptors (Lipinski definition) is 4. The number of amides is 1. The molecule has 0 bridgehead atoms. The van der Waals surface area contributed by atoms with Crippen LogP contribution in [0, 0.1) is 0 Å². The summed E-state index contributed by atoms with van der Waals surface area (Å²) in [6.45, 7) is 0. The van der Waals surface area contributed by atoms with E-state index in [9.17, 15) is 9.59 Å². The molecule has 7 heteroatoms. The number of carbonyl (C=O) groups is 1. The molecule has 0 spiro atoms. The Morgan fingerprint density at radius 3 is 2.58 bits per heavy atom. The highest BCUT2D eigenvalue weighted by atomic mass is 35.5. The van der Waals surface area contributed by atoms with Crippen LogP contribution in [0.3, 0.4) is 0 Å². The lowest BCUT2D eigenvalue weighted by atomic mass is 10.1. The number of nitrogens with zero attached hydrogens (tertiary/aromatic N) is 1. The van der Waals surface area contributed by atoms with Crippen LogP contribution in [0.1, 0.15) is 0 Å². The molecule has 0 aliphatic rings. The highest BCUT2D eigenvalue weighted by Crippen LogP contribution is 2.18. The second-order valence-electron chi connectivity index (χ2n) is 3.55. The largest absolute Gasteiger partial charge is 0.433 e. The summed E-state index contributed by atoms with van der Waals surface area (Å²) in [5.41, 5.74) is 1.76. The lowest BCUT2D eigenvalue weighted by molar-refractivity contribution is 0.180. The molecule has 0 aliphatic carbocycles. The first-order valence-electron chi connectivity index (χ1n) is 5.35. The average molecular weight is 280 g/mol. The zero-order valence-electron chi connectivity index (χ0n) is 9.72. The Morgan fingerprint density at radius 2 is 2.00 bits per heavy atom. The van der Waals surface area contributed by atoms with E-state index in [0.29, 0.717) is 11.4 Å². The molecule has 1 aromatic heterocycles. The second-order valence-corrected chi connectivity index (χ2v) is 3.77. The van der Waals surface area contributed by atoms with Gasteiger partial charge in [0.25, 0.3) is 5.56 Å². The van der Waals surface area contributed by atoms with Crippen LogP contribution in [0.2, 0.25) is 0 Å². The van der Waals surface area contributed by atoms with Gasteiger partial charge in [-0.3, -0.25) is 10.1 Å². The maximum atomic E-state index is 11.1. The molecule has 1 amide bonds. The van der Waals surface area contributed by atoms with Crippen LogP contribution in [-0.4, -0.2) is 22.4 Å². The van der Waals surface area contributed by atoms with E-state index in [1.54, 1.807) is 30.3 Å². The fourth-order valence-corrected chi connectivity index (χ4v) is 1.53. The van der Waals surface area contributed by atoms with Gasteiger partial charge in [0.05, 0.1) is 5.69 Å². The minimum absolute atomic E-state index is 0.203. The van der Waals surface area contributed by atoms with Crippen molar-refractivity contribution >= 4 is 23.4 Å². The first-order chi connectivity index (χ1) is 9.19. The number of benzene rings is 1. The number of rotatable bonds is 3. The Kier molecular flexibility index (Phi) is 4.15. The van der Waals surface area contributed by atoms with Gasteiger partial charge in [0.15, 0.2) is 6.07 Å². The summed E-state index contributed by atoms with van der Waals surface area (Å²) in [5, 5.41) is 8.76. The Hall–Kier alpha value is -2.34. The molecule has 1 heterocycles. The van der Waals surface area contributed by atoms with Gasteiger partial charge in [-0.25, -0.2) is 9.89 Å². The summed E-state index contributed by atoms with van der Waals surface area (Å²) in [6, 6.07) is 9.71. The molecule has 19 heavy (non-hydrogen) atoms. The zero-order chi connectivity index (χ0) is 13.7. The predicted octanol–water partition coefficient (Wildman–Crippen LogP) is 2.18. The number of alkyl halides is 1. The highest BCUT2D eigenvalue weighted by molar-refractivity contribution is 6.17. The second kappa shape index (κ2) is 6.01. The number of H-pyrrole nitrogens is 1. The molecule has 98 valence electrons. The normalized spacial score (nSPS) is 9.95. The van der Waals surface area contributed by atoms with Crippen molar-refractivity contribution in [3.8, 4) is 11.3 Å². The van der Waals surface area contributed by atoms with E-state index in [-0.39, 0.29) is 11.6 Å². The van der Waals surface area contributed by atoms with Gasteiger partial charge < -0.3 is 4.74 Å². The van der Waals surface area contributed by atoms with Gasteiger partial charge in [-0.1, -0.05) is 23.7 Å². The quantitative estimate of drug-likeness (QED) is 0.844. The van der Waals surface area contributed by atoms with E-state index in [2.05, 4.69) is 20.3 Å². The van der Waals surface area contributed by atoms with Crippen LogP contribution >= 0.6 is 11.6 Å². The zero-order valence-corrected chi connectivity index (χ0v) is 10.5. The van der Waals surface area contributed by atoms with Gasteiger partial charge in [0.2, 0.25) is 0 Å². The number of nitrogens with one attached hydrogen (secondary N) is 2. The molecular weight excluding hydrogens is 270 g/mol. The monoisotopic (exact) mass is 279 g/mol. The third kappa shape index (κ3) is 3.56. The molecule has 0 radical (unpaired) electrons. The Balaban J connectivity index is 2.12. The molecule has 0 unspecified atom stereocenters. The summed E-state index contributed by atoms with van der Waals surface area (Å²) in [4.78, 5) is 22.0. The minimum Gasteiger partial charge on any atom is -0.433 e. The fourth-order valence-electron chi connectivity index (χ4n) is 1.43. The van der Waals surface area contributed by atoms with Gasteiger partial charge in [-0.15, -0.1) is 0 Å². The van der Waals surface area contributed by atoms with Crippen LogP contribution in [-0.2, 0) is 4.74 Å². The number of hydrogen-bond donors (Lipinski definition) is 2. The topological polar surface area (TPSA) is 84.1 Å². The number of carbonyl (C=O) groups excluding carboxylic acids is 1. The van der Waals surface area contributed by atoms with Gasteiger partial charge in [-0.05, 0) is 18.2 Å². The van der Waals surface area contributed by atoms with Crippen molar-refractivity contribution in [3.63, 3.8) is 0 Å². The van der Waals surface area contributed by atoms with Crippen LogP contribution in [0.5, 0.6) is 0 Å². The van der Waals surface area contributed by atoms with E-state index < -0.39 is 6.09 Å². The summed E-state index contributed by atoms with van der Waals surface area (Å²) >= 11 is 5.26. The first-order valence-corrected chi connectivity index (χ1v) is 5.88. The summed E-state index contributed by atoms with van der Waals surface area (Å²) in [6.07, 6.45) is -0.620. The van der Waals surface area contributed by atoms with Gasteiger partial charge in [0, 0.05) is 17.3 Å². The molecule has 0 saturated carbocycles. The van der Waals surface area contributed by atoms with Crippen molar-refractivity contribution in [1.82, 2.24) is 10.2 Å². The molecule has 1 aromatic carbocycles. The molecule has 0 fully saturated rings. The first kappa shape index (κ1) is 13.1. The SMILES string of the molecule is O=C(Nc1ccc(-c2ccc(=O)[nH]n2)cc1)OCCl. The van der Waals surface area contributed by atoms with Crippen molar-refractivity contribution in [2.75, 3.05) is 11.4 Å². The van der Waals surface area contributed by atoms with Crippen LogP contribution in [0.25, 0.3) is 11.3 Å². The molecule has 0 saturated heterocycles. The number of anilines is 1. The van der Waals surface area contributed by atoms with Crippen molar-refractivity contribution in [3.05, 3.63) is 46.8 Å². The Morgan fingerprint density at radius 1 is 1.26 bits per heavy atom. The third-order valence-corrected chi connectivity index (χ3v) is 2.40. The van der Waals surface area contributed by atoms with Crippen molar-refractivity contribution in [1.29, 1.82) is 0 Å². The van der Waals surface area contributed by atoms with Crippen LogP contribution in [0.15, 0.2) is 41.2 Å². The van der Waals surface area contributed by atoms with Crippen LogP contribution in [0.4, 0.5) is 10.5 Å². The van der Waals surface area contributed by atoms with E-state index in [4.69, 9.17) is 11.6 Å². The summed E-state index contributed by atoms with van der Waals surface area (Å²) in [5.74, 6) is 0. The van der Waals surface area contributed by atoms with Gasteiger partial charge in [-0.2, -0.15) is 5.10 Å². The number of aromatic nitrogens is 2. The summed E-state index contributed by atoms with van der Waals surface area (Å²) < 4.78 is 4.54. The van der Waals surface area contributed by atoms with Crippen molar-refractivity contribution < 1.29 is 9.53 Å². The molecule has 0 aliphatic heterocycles. The lowest BCUT2D eigenvalue weighted by Crippen LogP contribution is -2.12. The Labute approximate surface area is 113 Å². The molecule has 2 N–H and O–H groups in total. The number of halogens is 1. The molecule has 2 rings (SSSR count). The minimum atomic E-state index is -0.620. The molecular formula is C12H10ClN3O3. The maximum Gasteiger partial charge on any atom is 0.412 e. The van der Waals surface area contributed by atoms with Gasteiger partial charge >= 0.3 is 6.09 Å². The third-order valence-electron chi connectivity index (χ3n) is 2.29. The Bertz CT molecular complexity index is 604. The van der Waals surface area contributed by atoms with Crippen molar-refractivity contribution in [2.24, 2.45) is 0 Å². The van der Waals surface area contributed by atoms with Crippen molar-refractivity contribution in [2.45, 2.75) is 0 Å². The maximum absolute atomic E-state index is 11.1. The van der Waals surface area contributed by atoms with E-state index in [1.807, 2.05) is 0 Å². The fraction of sp³-hybridized carbons (Fsp3) is 0.0833. The predicted molar refractivity (Wildman–Crippen MR) is 71.1 cm³/mol. The van der Waals surface area contributed by atoms with E-state index in [1.165, 1.54) is 6.07 Å². The van der Waals surface area contributed by atoms with E-state index in [0.717, 1.165) is 5.56 Å². The molecule has 6 nitrogen and oxygen atoms in total. The van der Waals surface area contributed by atoms with E-state index >= 15 is 0 Å². The lowest BCUT2D eigenvalue weighted by Gasteiger charge is -2.05. The molecule has 2 aromatic rings. The number of ether oxygens (including phenoxy) is 1. The standard InChI is InChI=1S/C12H10ClN3O3/c13-7-19-12(18)14-9-3-1-8(2-4-9)10-5-6-11(17)16-15-10/h1-6H,7H2,(H,14,18)(H,16,17). The molecule has 0 atom stereocenters. The smallest absolute Gasteiger partial charge is 0.412 e. The van der Waals surface area contributed by atoms with Crippen LogP contribution < -0.4 is 10.9 Å². The summed E-state index contributed by atoms with van der Waals surface area (Å²) in [7, 11) is 0. The highest BCUT2D eigenvalue weighted by Gasteiger charge is 2.03.